The largest absolute Gasteiger partial charge is 0.492 e. The predicted molar refractivity (Wildman–Crippen MR) is 125 cm³/mol. The lowest BCUT2D eigenvalue weighted by Gasteiger charge is -2.32. The first-order valence-electron chi connectivity index (χ1n) is 10.9. The van der Waals surface area contributed by atoms with Gasteiger partial charge < -0.3 is 10.1 Å². The van der Waals surface area contributed by atoms with Crippen LogP contribution in [0.3, 0.4) is 0 Å². The quantitative estimate of drug-likeness (QED) is 0.559. The molecule has 1 amide bonds. The summed E-state index contributed by atoms with van der Waals surface area (Å²) >= 11 is 5.90. The van der Waals surface area contributed by atoms with E-state index >= 15 is 0 Å². The molecule has 6 nitrogen and oxygen atoms in total. The molecule has 0 radical (unpaired) electrons. The average Bonchev–Trinajstić information content (AvgIpc) is 2.85. The van der Waals surface area contributed by atoms with E-state index in [-0.39, 0.29) is 17.9 Å². The molecule has 1 unspecified atom stereocenters. The molecule has 4 rings (SSSR count). The highest BCUT2D eigenvalue weighted by molar-refractivity contribution is 6.30. The highest BCUT2D eigenvalue weighted by Gasteiger charge is 2.27. The van der Waals surface area contributed by atoms with Crippen LogP contribution in [0, 0.1) is 5.92 Å². The van der Waals surface area contributed by atoms with Crippen LogP contribution in [0.1, 0.15) is 30.1 Å². The third kappa shape index (κ3) is 6.05. The van der Waals surface area contributed by atoms with E-state index in [1.54, 1.807) is 18.6 Å². The van der Waals surface area contributed by atoms with Gasteiger partial charge in [0.2, 0.25) is 5.91 Å². The molecule has 3 aromatic rings. The van der Waals surface area contributed by atoms with E-state index in [9.17, 15) is 4.79 Å². The van der Waals surface area contributed by atoms with Gasteiger partial charge in [0.1, 0.15) is 12.4 Å². The molecule has 32 heavy (non-hydrogen) atoms. The van der Waals surface area contributed by atoms with Gasteiger partial charge >= 0.3 is 0 Å². The Kier molecular flexibility index (Phi) is 7.69. The summed E-state index contributed by atoms with van der Waals surface area (Å²) in [6.07, 6.45) is 6.66. The molecule has 1 aromatic heterocycles. The van der Waals surface area contributed by atoms with E-state index < -0.39 is 0 Å². The van der Waals surface area contributed by atoms with Gasteiger partial charge in [0, 0.05) is 29.9 Å². The molecular weight excluding hydrogens is 424 g/mol. The summed E-state index contributed by atoms with van der Waals surface area (Å²) in [5.41, 5.74) is 1.74. The molecule has 2 heterocycles. The van der Waals surface area contributed by atoms with Gasteiger partial charge in [0.15, 0.2) is 0 Å². The SMILES string of the molecule is O=C(NC(c1ccccc1)c1cnccn1)C1CCN(CCOc2ccc(Cl)cc2)CC1. The number of hydrogen-bond acceptors (Lipinski definition) is 5. The van der Waals surface area contributed by atoms with E-state index in [1.807, 2.05) is 54.6 Å². The first-order valence-corrected chi connectivity index (χ1v) is 11.3. The van der Waals surface area contributed by atoms with Gasteiger partial charge in [-0.2, -0.15) is 0 Å². The number of carbonyl (C=O) groups is 1. The second-order valence-corrected chi connectivity index (χ2v) is 8.34. The lowest BCUT2D eigenvalue weighted by molar-refractivity contribution is -0.127. The minimum absolute atomic E-state index is 0.00804. The summed E-state index contributed by atoms with van der Waals surface area (Å²) in [7, 11) is 0. The van der Waals surface area contributed by atoms with Crippen LogP contribution in [-0.2, 0) is 4.79 Å². The maximum atomic E-state index is 13.1. The van der Waals surface area contributed by atoms with Crippen LogP contribution in [0.4, 0.5) is 0 Å². The number of nitrogens with one attached hydrogen (secondary N) is 1. The molecule has 1 saturated heterocycles. The Hall–Kier alpha value is -2.96. The van der Waals surface area contributed by atoms with Crippen molar-refractivity contribution < 1.29 is 9.53 Å². The summed E-state index contributed by atoms with van der Waals surface area (Å²) in [6, 6.07) is 17.0. The van der Waals surface area contributed by atoms with E-state index in [1.165, 1.54) is 0 Å². The second-order valence-electron chi connectivity index (χ2n) is 7.90. The Labute approximate surface area is 193 Å². The van der Waals surface area contributed by atoms with Crippen molar-refractivity contribution in [3.63, 3.8) is 0 Å². The third-order valence-electron chi connectivity index (χ3n) is 5.75. The molecule has 0 bridgehead atoms. The van der Waals surface area contributed by atoms with Crippen molar-refractivity contribution in [2.24, 2.45) is 5.92 Å². The van der Waals surface area contributed by atoms with Crippen LogP contribution < -0.4 is 10.1 Å². The molecule has 7 heteroatoms. The van der Waals surface area contributed by atoms with Crippen LogP contribution in [0.2, 0.25) is 5.02 Å². The Morgan fingerprint density at radius 1 is 1.09 bits per heavy atom. The molecular formula is C25H27ClN4O2. The molecule has 1 fully saturated rings. The van der Waals surface area contributed by atoms with E-state index in [0.717, 1.165) is 49.5 Å². The molecule has 1 aliphatic rings. The van der Waals surface area contributed by atoms with E-state index in [2.05, 4.69) is 20.2 Å². The zero-order valence-electron chi connectivity index (χ0n) is 17.9. The Morgan fingerprint density at radius 3 is 2.53 bits per heavy atom. The third-order valence-corrected chi connectivity index (χ3v) is 6.00. The van der Waals surface area contributed by atoms with Crippen LogP contribution in [0.5, 0.6) is 5.75 Å². The van der Waals surface area contributed by atoms with Gasteiger partial charge in [-0.25, -0.2) is 0 Å². The number of carbonyl (C=O) groups excluding carboxylic acids is 1. The lowest BCUT2D eigenvalue weighted by Crippen LogP contribution is -2.43. The van der Waals surface area contributed by atoms with Gasteiger partial charge in [0.25, 0.3) is 0 Å². The number of ether oxygens (including phenoxy) is 1. The highest BCUT2D eigenvalue weighted by Crippen LogP contribution is 2.23. The average molecular weight is 451 g/mol. The Bertz CT molecular complexity index is 938. The summed E-state index contributed by atoms with van der Waals surface area (Å²) in [5.74, 6) is 0.882. The van der Waals surface area contributed by atoms with Crippen LogP contribution in [-0.4, -0.2) is 47.0 Å². The fourth-order valence-electron chi connectivity index (χ4n) is 3.94. The zero-order chi connectivity index (χ0) is 22.2. The number of halogens is 1. The predicted octanol–water partition coefficient (Wildman–Crippen LogP) is 4.13. The standard InChI is InChI=1S/C25H27ClN4O2/c26-21-6-8-22(9-7-21)32-17-16-30-14-10-20(11-15-30)25(31)29-24(19-4-2-1-3-5-19)23-18-27-12-13-28-23/h1-9,12-13,18,20,24H,10-11,14-17H2,(H,29,31). The van der Waals surface area contributed by atoms with Gasteiger partial charge in [-0.15, -0.1) is 0 Å². The van der Waals surface area contributed by atoms with Gasteiger partial charge in [-0.3, -0.25) is 19.7 Å². The van der Waals surface area contributed by atoms with Gasteiger partial charge in [-0.05, 0) is 55.8 Å². The first kappa shape index (κ1) is 22.2. The van der Waals surface area contributed by atoms with E-state index in [4.69, 9.17) is 16.3 Å². The minimum atomic E-state index is -0.303. The lowest BCUT2D eigenvalue weighted by atomic mass is 9.94. The number of amides is 1. The molecule has 0 saturated carbocycles. The number of benzene rings is 2. The normalized spacial score (nSPS) is 15.8. The number of aromatic nitrogens is 2. The number of piperidine rings is 1. The maximum absolute atomic E-state index is 13.1. The smallest absolute Gasteiger partial charge is 0.224 e. The summed E-state index contributed by atoms with van der Waals surface area (Å²) in [4.78, 5) is 24.0. The topological polar surface area (TPSA) is 67.4 Å². The summed E-state index contributed by atoms with van der Waals surface area (Å²) < 4.78 is 5.80. The van der Waals surface area contributed by atoms with Crippen molar-refractivity contribution >= 4 is 17.5 Å². The minimum Gasteiger partial charge on any atom is -0.492 e. The van der Waals surface area contributed by atoms with Crippen molar-refractivity contribution in [1.29, 1.82) is 0 Å². The van der Waals surface area contributed by atoms with Crippen molar-refractivity contribution in [3.8, 4) is 5.75 Å². The Balaban J connectivity index is 1.28. The van der Waals surface area contributed by atoms with Crippen molar-refractivity contribution in [3.05, 3.63) is 89.5 Å². The number of nitrogens with zero attached hydrogens (tertiary/aromatic N) is 3. The molecule has 0 aliphatic carbocycles. The fraction of sp³-hybridized carbons (Fsp3) is 0.320. The van der Waals surface area contributed by atoms with Crippen LogP contribution in [0.15, 0.2) is 73.2 Å². The fourth-order valence-corrected chi connectivity index (χ4v) is 4.06. The molecule has 2 aromatic carbocycles. The van der Waals surface area contributed by atoms with Crippen molar-refractivity contribution in [1.82, 2.24) is 20.2 Å². The molecule has 166 valence electrons. The van der Waals surface area contributed by atoms with Crippen LogP contribution >= 0.6 is 11.6 Å². The maximum Gasteiger partial charge on any atom is 0.224 e. The number of rotatable bonds is 8. The Morgan fingerprint density at radius 2 is 1.84 bits per heavy atom. The molecule has 1 aliphatic heterocycles. The van der Waals surface area contributed by atoms with Gasteiger partial charge in [0.05, 0.1) is 17.9 Å². The number of hydrogen-bond donors (Lipinski definition) is 1. The molecule has 1 atom stereocenters. The van der Waals surface area contributed by atoms with Crippen LogP contribution in [0.25, 0.3) is 0 Å². The van der Waals surface area contributed by atoms with Crippen molar-refractivity contribution in [2.75, 3.05) is 26.2 Å². The second kappa shape index (κ2) is 11.1. The van der Waals surface area contributed by atoms with E-state index in [0.29, 0.717) is 11.6 Å². The van der Waals surface area contributed by atoms with Gasteiger partial charge in [-0.1, -0.05) is 41.9 Å². The van der Waals surface area contributed by atoms with Crippen molar-refractivity contribution in [2.45, 2.75) is 18.9 Å². The highest BCUT2D eigenvalue weighted by atomic mass is 35.5. The number of likely N-dealkylation sites (tertiary alicyclic amines) is 1. The zero-order valence-corrected chi connectivity index (χ0v) is 18.6. The first-order chi connectivity index (χ1) is 15.7. The molecule has 0 spiro atoms. The monoisotopic (exact) mass is 450 g/mol. The molecule has 1 N–H and O–H groups in total. The summed E-state index contributed by atoms with van der Waals surface area (Å²) in [5, 5.41) is 3.91. The summed E-state index contributed by atoms with van der Waals surface area (Å²) in [6.45, 7) is 3.21.